The van der Waals surface area contributed by atoms with E-state index in [-0.39, 0.29) is 11.4 Å². The van der Waals surface area contributed by atoms with Crippen molar-refractivity contribution in [1.82, 2.24) is 14.8 Å². The molecule has 0 aliphatic carbocycles. The van der Waals surface area contributed by atoms with Gasteiger partial charge in [-0.2, -0.15) is 0 Å². The molecule has 1 aromatic heterocycles. The number of aromatic nitrogens is 1. The Labute approximate surface area is 148 Å². The van der Waals surface area contributed by atoms with Gasteiger partial charge >= 0.3 is 0 Å². The Kier molecular flexibility index (Phi) is 4.29. The summed E-state index contributed by atoms with van der Waals surface area (Å²) >= 11 is 0. The number of benzene rings is 1. The van der Waals surface area contributed by atoms with E-state index >= 15 is 0 Å². The van der Waals surface area contributed by atoms with E-state index in [4.69, 9.17) is 4.74 Å². The van der Waals surface area contributed by atoms with Gasteiger partial charge in [-0.3, -0.25) is 9.69 Å². The minimum absolute atomic E-state index is 0.0986. The van der Waals surface area contributed by atoms with Gasteiger partial charge in [0.15, 0.2) is 0 Å². The molecule has 0 radical (unpaired) electrons. The van der Waals surface area contributed by atoms with Crippen LogP contribution in [0, 0.1) is 6.92 Å². The highest BCUT2D eigenvalue weighted by molar-refractivity contribution is 5.90. The highest BCUT2D eigenvalue weighted by atomic mass is 16.5. The van der Waals surface area contributed by atoms with Crippen molar-refractivity contribution in [2.24, 2.45) is 0 Å². The number of carbonyl (C=O) groups excluding carboxylic acids is 1. The monoisotopic (exact) mass is 341 g/mol. The van der Waals surface area contributed by atoms with Crippen molar-refractivity contribution in [1.29, 1.82) is 0 Å². The molecule has 2 aliphatic heterocycles. The molecule has 2 aliphatic rings. The van der Waals surface area contributed by atoms with Crippen LogP contribution >= 0.6 is 0 Å². The van der Waals surface area contributed by atoms with Crippen molar-refractivity contribution in [2.45, 2.75) is 31.7 Å². The van der Waals surface area contributed by atoms with Gasteiger partial charge in [0.1, 0.15) is 0 Å². The lowest BCUT2D eigenvalue weighted by atomic mass is 9.85. The van der Waals surface area contributed by atoms with Crippen molar-refractivity contribution in [2.75, 3.05) is 39.9 Å². The van der Waals surface area contributed by atoms with Crippen molar-refractivity contribution in [3.63, 3.8) is 0 Å². The number of hydrogen-bond donors (Lipinski definition) is 1. The maximum Gasteiger partial charge on any atom is 0.227 e. The van der Waals surface area contributed by atoms with Crippen molar-refractivity contribution < 1.29 is 9.53 Å². The summed E-state index contributed by atoms with van der Waals surface area (Å²) in [4.78, 5) is 21.0. The smallest absolute Gasteiger partial charge is 0.227 e. The number of nitrogens with zero attached hydrogens (tertiary/aromatic N) is 2. The van der Waals surface area contributed by atoms with Gasteiger partial charge in [-0.1, -0.05) is 18.2 Å². The highest BCUT2D eigenvalue weighted by Gasteiger charge is 2.42. The maximum atomic E-state index is 13.1. The molecule has 0 bridgehead atoms. The largest absolute Gasteiger partial charge is 0.381 e. The topological polar surface area (TPSA) is 48.6 Å². The normalized spacial score (nSPS) is 21.1. The molecule has 0 saturated carbocycles. The molecule has 134 valence electrons. The summed E-state index contributed by atoms with van der Waals surface area (Å²) in [6.07, 6.45) is 2.50. The summed E-state index contributed by atoms with van der Waals surface area (Å²) in [5.41, 5.74) is 3.45. The number of carbonyl (C=O) groups is 1. The summed E-state index contributed by atoms with van der Waals surface area (Å²) in [5.74, 6) is 0.242. The number of amides is 1. The molecule has 5 heteroatoms. The number of ether oxygens (including phenoxy) is 1. The molecule has 2 aromatic rings. The lowest BCUT2D eigenvalue weighted by molar-refractivity contribution is -0.139. The molecule has 0 unspecified atom stereocenters. The molecule has 0 atom stereocenters. The van der Waals surface area contributed by atoms with E-state index in [1.54, 1.807) is 0 Å². The Morgan fingerprint density at radius 3 is 2.80 bits per heavy atom. The maximum absolute atomic E-state index is 13.1. The van der Waals surface area contributed by atoms with Crippen LogP contribution in [0.5, 0.6) is 0 Å². The van der Waals surface area contributed by atoms with Gasteiger partial charge in [-0.25, -0.2) is 0 Å². The van der Waals surface area contributed by atoms with Crippen LogP contribution in [-0.4, -0.2) is 66.1 Å². The van der Waals surface area contributed by atoms with Crippen molar-refractivity contribution >= 4 is 16.8 Å². The molecular weight excluding hydrogens is 314 g/mol. The average Bonchev–Trinajstić information content (AvgIpc) is 2.94. The second-order valence-electron chi connectivity index (χ2n) is 7.52. The third-order valence-corrected chi connectivity index (χ3v) is 6.13. The molecule has 1 spiro atoms. The third kappa shape index (κ3) is 2.96. The fourth-order valence-electron chi connectivity index (χ4n) is 4.39. The summed E-state index contributed by atoms with van der Waals surface area (Å²) in [7, 11) is 2.19. The molecule has 1 amide bonds. The molecule has 2 fully saturated rings. The number of fused-ring (bicyclic) bond motifs is 1. The number of rotatable bonds is 2. The lowest BCUT2D eigenvalue weighted by Crippen LogP contribution is -2.63. The van der Waals surface area contributed by atoms with Crippen LogP contribution in [0.3, 0.4) is 0 Å². The second kappa shape index (κ2) is 6.46. The van der Waals surface area contributed by atoms with E-state index in [1.807, 2.05) is 12.1 Å². The van der Waals surface area contributed by atoms with Gasteiger partial charge in [0.05, 0.1) is 6.42 Å². The quantitative estimate of drug-likeness (QED) is 0.912. The Bertz CT molecular complexity index is 776. The fraction of sp³-hybridized carbons (Fsp3) is 0.550. The van der Waals surface area contributed by atoms with Gasteiger partial charge in [0, 0.05) is 55.0 Å². The van der Waals surface area contributed by atoms with Crippen LogP contribution in [0.25, 0.3) is 10.9 Å². The minimum Gasteiger partial charge on any atom is -0.381 e. The van der Waals surface area contributed by atoms with Crippen LogP contribution in [0.4, 0.5) is 0 Å². The second-order valence-corrected chi connectivity index (χ2v) is 7.52. The third-order valence-electron chi connectivity index (χ3n) is 6.13. The standard InChI is InChI=1S/C20H27N3O2/c1-15-17(16-5-3-4-6-18(16)21-15)13-19(24)23-10-9-22(2)20(14-23)7-11-25-12-8-20/h3-6,21H,7-14H2,1-2H3. The lowest BCUT2D eigenvalue weighted by Gasteiger charge is -2.51. The van der Waals surface area contributed by atoms with Gasteiger partial charge in [-0.05, 0) is 38.4 Å². The van der Waals surface area contributed by atoms with E-state index in [9.17, 15) is 4.79 Å². The van der Waals surface area contributed by atoms with Gasteiger partial charge < -0.3 is 14.6 Å². The molecule has 25 heavy (non-hydrogen) atoms. The van der Waals surface area contributed by atoms with Crippen molar-refractivity contribution in [3.05, 3.63) is 35.5 Å². The van der Waals surface area contributed by atoms with Crippen LogP contribution in [0.1, 0.15) is 24.1 Å². The predicted octanol–water partition coefficient (Wildman–Crippen LogP) is 2.34. The highest BCUT2D eigenvalue weighted by Crippen LogP contribution is 2.31. The number of aryl methyl sites for hydroxylation is 1. The number of piperazine rings is 1. The molecule has 1 aromatic carbocycles. The zero-order chi connectivity index (χ0) is 17.4. The average molecular weight is 341 g/mol. The summed E-state index contributed by atoms with van der Waals surface area (Å²) in [5, 5.41) is 1.17. The van der Waals surface area contributed by atoms with E-state index in [0.717, 1.165) is 62.5 Å². The molecule has 2 saturated heterocycles. The van der Waals surface area contributed by atoms with E-state index in [1.165, 1.54) is 5.39 Å². The summed E-state index contributed by atoms with van der Waals surface area (Å²) < 4.78 is 5.56. The SMILES string of the molecule is Cc1[nH]c2ccccc2c1CC(=O)N1CCN(C)C2(CCOCC2)C1. The number of hydrogen-bond acceptors (Lipinski definition) is 3. The van der Waals surface area contributed by atoms with Crippen molar-refractivity contribution in [3.8, 4) is 0 Å². The first kappa shape index (κ1) is 16.6. The molecule has 4 rings (SSSR count). The van der Waals surface area contributed by atoms with Gasteiger partial charge in [0.25, 0.3) is 0 Å². The van der Waals surface area contributed by atoms with Crippen LogP contribution in [0.15, 0.2) is 24.3 Å². The zero-order valence-corrected chi connectivity index (χ0v) is 15.2. The Balaban J connectivity index is 1.53. The number of likely N-dealkylation sites (N-methyl/N-ethyl adjacent to an activating group) is 1. The minimum atomic E-state index is 0.0986. The Hall–Kier alpha value is -1.85. The number of nitrogens with one attached hydrogen (secondary N) is 1. The fourth-order valence-corrected chi connectivity index (χ4v) is 4.39. The number of aromatic amines is 1. The summed E-state index contributed by atoms with van der Waals surface area (Å²) in [6, 6.07) is 8.24. The molecule has 5 nitrogen and oxygen atoms in total. The number of para-hydroxylation sites is 1. The first-order chi connectivity index (χ1) is 12.1. The van der Waals surface area contributed by atoms with Crippen LogP contribution in [0.2, 0.25) is 0 Å². The molecular formula is C20H27N3O2. The Morgan fingerprint density at radius 1 is 1.24 bits per heavy atom. The Morgan fingerprint density at radius 2 is 2.00 bits per heavy atom. The van der Waals surface area contributed by atoms with E-state index < -0.39 is 0 Å². The predicted molar refractivity (Wildman–Crippen MR) is 98.7 cm³/mol. The number of H-pyrrole nitrogens is 1. The van der Waals surface area contributed by atoms with E-state index in [0.29, 0.717) is 6.42 Å². The molecule has 3 heterocycles. The first-order valence-corrected chi connectivity index (χ1v) is 9.22. The van der Waals surface area contributed by atoms with Crippen LogP contribution < -0.4 is 0 Å². The first-order valence-electron chi connectivity index (χ1n) is 9.22. The van der Waals surface area contributed by atoms with Gasteiger partial charge in [-0.15, -0.1) is 0 Å². The molecule has 1 N–H and O–H groups in total. The zero-order valence-electron chi connectivity index (χ0n) is 15.2. The van der Waals surface area contributed by atoms with Crippen LogP contribution in [-0.2, 0) is 16.0 Å². The summed E-state index contributed by atoms with van der Waals surface area (Å²) in [6.45, 7) is 6.25. The van der Waals surface area contributed by atoms with Gasteiger partial charge in [0.2, 0.25) is 5.91 Å². The van der Waals surface area contributed by atoms with E-state index in [2.05, 4.69) is 40.9 Å².